The Labute approximate surface area is 108 Å². The highest BCUT2D eigenvalue weighted by Gasteiger charge is 2.09. The first kappa shape index (κ1) is 16.3. The van der Waals surface area contributed by atoms with Gasteiger partial charge in [0.2, 0.25) is 0 Å². The standard InChI is InChI=1S/C8H16.C6H8O.C2H6/c1-2-8-6-4-3-5-7-8;1-2-6-3-4-7-5-6;1-2/h8H,2-7H2,1H3;3-5H,2H2,1H3;1-2H3. The van der Waals surface area contributed by atoms with Crippen molar-refractivity contribution in [2.45, 2.75) is 72.6 Å². The lowest BCUT2D eigenvalue weighted by Crippen LogP contribution is -2.03. The molecule has 0 radical (unpaired) electrons. The van der Waals surface area contributed by atoms with Gasteiger partial charge in [-0.15, -0.1) is 0 Å². The Bertz CT molecular complexity index is 220. The highest BCUT2D eigenvalue weighted by atomic mass is 16.3. The number of hydrogen-bond donors (Lipinski definition) is 0. The maximum Gasteiger partial charge on any atom is 0.0934 e. The van der Waals surface area contributed by atoms with Gasteiger partial charge in [-0.05, 0) is 24.0 Å². The summed E-state index contributed by atoms with van der Waals surface area (Å²) in [6.07, 6.45) is 13.5. The molecule has 1 heteroatoms. The summed E-state index contributed by atoms with van der Waals surface area (Å²) in [7, 11) is 0. The average molecular weight is 238 g/mol. The molecule has 1 fully saturated rings. The van der Waals surface area contributed by atoms with Crippen LogP contribution in [-0.4, -0.2) is 0 Å². The number of hydrogen-bond acceptors (Lipinski definition) is 1. The van der Waals surface area contributed by atoms with Crippen molar-refractivity contribution < 1.29 is 4.42 Å². The van der Waals surface area contributed by atoms with Gasteiger partial charge in [0.1, 0.15) is 0 Å². The van der Waals surface area contributed by atoms with Crippen molar-refractivity contribution in [2.24, 2.45) is 5.92 Å². The van der Waals surface area contributed by atoms with Crippen LogP contribution in [0.3, 0.4) is 0 Å². The van der Waals surface area contributed by atoms with Crippen LogP contribution in [0.4, 0.5) is 0 Å². The molecule has 0 aliphatic heterocycles. The Kier molecular flexibility index (Phi) is 11.3. The molecule has 2 rings (SSSR count). The van der Waals surface area contributed by atoms with E-state index < -0.39 is 0 Å². The van der Waals surface area contributed by atoms with Crippen LogP contribution in [0.15, 0.2) is 23.0 Å². The molecule has 0 aromatic carbocycles. The van der Waals surface area contributed by atoms with Crippen molar-refractivity contribution in [1.29, 1.82) is 0 Å². The van der Waals surface area contributed by atoms with Gasteiger partial charge in [0.05, 0.1) is 12.5 Å². The molecule has 1 aliphatic carbocycles. The van der Waals surface area contributed by atoms with Gasteiger partial charge in [-0.1, -0.05) is 66.2 Å². The quantitative estimate of drug-likeness (QED) is 0.630. The first-order valence-corrected chi connectivity index (χ1v) is 7.37. The van der Waals surface area contributed by atoms with Gasteiger partial charge < -0.3 is 4.42 Å². The van der Waals surface area contributed by atoms with Crippen LogP contribution in [-0.2, 0) is 6.42 Å². The van der Waals surface area contributed by atoms with Crippen LogP contribution >= 0.6 is 0 Å². The molecule has 1 heterocycles. The Balaban J connectivity index is 0.000000265. The summed E-state index contributed by atoms with van der Waals surface area (Å²) >= 11 is 0. The zero-order chi connectivity index (χ0) is 12.9. The lowest BCUT2D eigenvalue weighted by atomic mass is 9.88. The Hall–Kier alpha value is -0.720. The van der Waals surface area contributed by atoms with Crippen LogP contribution in [0.2, 0.25) is 0 Å². The van der Waals surface area contributed by atoms with Crippen LogP contribution in [0, 0.1) is 5.92 Å². The fourth-order valence-corrected chi connectivity index (χ4v) is 2.09. The zero-order valence-electron chi connectivity index (χ0n) is 12.2. The Morgan fingerprint density at radius 1 is 1.12 bits per heavy atom. The predicted octanol–water partition coefficient (Wildman–Crippen LogP) is 5.84. The van der Waals surface area contributed by atoms with Crippen molar-refractivity contribution in [3.05, 3.63) is 24.2 Å². The summed E-state index contributed by atoms with van der Waals surface area (Å²) in [6, 6.07) is 1.97. The Morgan fingerprint density at radius 3 is 2.06 bits per heavy atom. The molecule has 0 spiro atoms. The van der Waals surface area contributed by atoms with E-state index in [1.54, 1.807) is 12.5 Å². The topological polar surface area (TPSA) is 13.1 Å². The molecule has 0 saturated heterocycles. The summed E-state index contributed by atoms with van der Waals surface area (Å²) in [4.78, 5) is 0. The van der Waals surface area contributed by atoms with E-state index in [2.05, 4.69) is 13.8 Å². The minimum Gasteiger partial charge on any atom is -0.472 e. The maximum absolute atomic E-state index is 4.81. The summed E-state index contributed by atoms with van der Waals surface area (Å²) < 4.78 is 4.81. The minimum atomic E-state index is 1.07. The van der Waals surface area contributed by atoms with E-state index in [0.717, 1.165) is 12.3 Å². The second-order valence-corrected chi connectivity index (χ2v) is 4.40. The van der Waals surface area contributed by atoms with E-state index in [1.807, 2.05) is 19.9 Å². The highest BCUT2D eigenvalue weighted by Crippen LogP contribution is 2.25. The second kappa shape index (κ2) is 11.8. The molecule has 1 aromatic heterocycles. The van der Waals surface area contributed by atoms with Crippen LogP contribution in [0.5, 0.6) is 0 Å². The Morgan fingerprint density at radius 2 is 1.76 bits per heavy atom. The van der Waals surface area contributed by atoms with E-state index in [9.17, 15) is 0 Å². The van der Waals surface area contributed by atoms with Crippen molar-refractivity contribution in [2.75, 3.05) is 0 Å². The zero-order valence-corrected chi connectivity index (χ0v) is 12.2. The lowest BCUT2D eigenvalue weighted by molar-refractivity contribution is 0.349. The largest absolute Gasteiger partial charge is 0.472 e. The summed E-state index contributed by atoms with van der Waals surface area (Å²) in [5.41, 5.74) is 1.26. The molecule has 0 N–H and O–H groups in total. The van der Waals surface area contributed by atoms with Crippen LogP contribution in [0.1, 0.15) is 71.8 Å². The third kappa shape index (κ3) is 8.06. The van der Waals surface area contributed by atoms with Crippen molar-refractivity contribution in [1.82, 2.24) is 0 Å². The lowest BCUT2D eigenvalue weighted by Gasteiger charge is -2.18. The molecule has 0 atom stereocenters. The average Bonchev–Trinajstić information content (AvgIpc) is 2.96. The number of rotatable bonds is 2. The third-order valence-corrected chi connectivity index (χ3v) is 3.29. The van der Waals surface area contributed by atoms with E-state index >= 15 is 0 Å². The molecule has 100 valence electrons. The molecule has 1 aromatic rings. The SMILES string of the molecule is CC.CCC1CCCCC1.CCc1ccoc1. The predicted molar refractivity (Wildman–Crippen MR) is 76.3 cm³/mol. The smallest absolute Gasteiger partial charge is 0.0934 e. The van der Waals surface area contributed by atoms with E-state index in [1.165, 1.54) is 44.1 Å². The summed E-state index contributed by atoms with van der Waals surface area (Å²) in [5, 5.41) is 0. The van der Waals surface area contributed by atoms with Crippen LogP contribution in [0.25, 0.3) is 0 Å². The molecule has 0 unspecified atom stereocenters. The van der Waals surface area contributed by atoms with E-state index in [4.69, 9.17) is 4.42 Å². The first-order chi connectivity index (χ1) is 8.36. The van der Waals surface area contributed by atoms with Gasteiger partial charge >= 0.3 is 0 Å². The normalized spacial score (nSPS) is 15.3. The fourth-order valence-electron chi connectivity index (χ4n) is 2.09. The minimum absolute atomic E-state index is 1.07. The molecule has 0 amide bonds. The van der Waals surface area contributed by atoms with E-state index in [0.29, 0.717) is 0 Å². The van der Waals surface area contributed by atoms with Gasteiger partial charge in [-0.3, -0.25) is 0 Å². The summed E-state index contributed by atoms with van der Waals surface area (Å²) in [5.74, 6) is 1.09. The first-order valence-electron chi connectivity index (χ1n) is 7.37. The van der Waals surface area contributed by atoms with Crippen molar-refractivity contribution >= 4 is 0 Å². The molecule has 0 bridgehead atoms. The molecule has 17 heavy (non-hydrogen) atoms. The molecular weight excluding hydrogens is 208 g/mol. The highest BCUT2D eigenvalue weighted by molar-refractivity contribution is 5.03. The monoisotopic (exact) mass is 238 g/mol. The summed E-state index contributed by atoms with van der Waals surface area (Å²) in [6.45, 7) is 8.42. The molecule has 1 aliphatic rings. The number of aryl methyl sites for hydroxylation is 1. The van der Waals surface area contributed by atoms with Gasteiger partial charge in [0.25, 0.3) is 0 Å². The molecular formula is C16H30O. The maximum atomic E-state index is 4.81. The fraction of sp³-hybridized carbons (Fsp3) is 0.750. The van der Waals surface area contributed by atoms with Crippen molar-refractivity contribution in [3.63, 3.8) is 0 Å². The van der Waals surface area contributed by atoms with Gasteiger partial charge in [0, 0.05) is 0 Å². The molecule has 1 saturated carbocycles. The van der Waals surface area contributed by atoms with Gasteiger partial charge in [-0.25, -0.2) is 0 Å². The van der Waals surface area contributed by atoms with Gasteiger partial charge in [-0.2, -0.15) is 0 Å². The molecule has 1 nitrogen and oxygen atoms in total. The van der Waals surface area contributed by atoms with Gasteiger partial charge in [0.15, 0.2) is 0 Å². The third-order valence-electron chi connectivity index (χ3n) is 3.29. The second-order valence-electron chi connectivity index (χ2n) is 4.40. The van der Waals surface area contributed by atoms with E-state index in [-0.39, 0.29) is 0 Å². The van der Waals surface area contributed by atoms with Crippen molar-refractivity contribution in [3.8, 4) is 0 Å². The number of furan rings is 1. The van der Waals surface area contributed by atoms with Crippen LogP contribution < -0.4 is 0 Å².